The second-order valence-corrected chi connectivity index (χ2v) is 7.54. The molecule has 0 bridgehead atoms. The topological polar surface area (TPSA) is 110 Å². The van der Waals surface area contributed by atoms with E-state index in [1.807, 2.05) is 5.32 Å². The number of carbonyl (C=O) groups excluding carboxylic acids is 2. The van der Waals surface area contributed by atoms with Crippen molar-refractivity contribution >= 4 is 29.4 Å². The summed E-state index contributed by atoms with van der Waals surface area (Å²) in [6, 6.07) is 4.86. The molecule has 12 heteroatoms. The number of nitrogens with two attached hydrogens (primary N) is 1. The van der Waals surface area contributed by atoms with Gasteiger partial charge in [-0.2, -0.15) is 13.2 Å². The van der Waals surface area contributed by atoms with Gasteiger partial charge in [-0.05, 0) is 29.3 Å². The summed E-state index contributed by atoms with van der Waals surface area (Å²) in [6.07, 6.45) is -3.21. The van der Waals surface area contributed by atoms with Gasteiger partial charge in [0, 0.05) is 18.3 Å². The molecule has 1 aromatic heterocycles. The van der Waals surface area contributed by atoms with Crippen molar-refractivity contribution in [1.82, 2.24) is 15.2 Å². The maximum atomic E-state index is 13.1. The molecule has 0 saturated carbocycles. The molecule has 0 aliphatic carbocycles. The number of alkyl halides is 3. The summed E-state index contributed by atoms with van der Waals surface area (Å²) in [5, 5.41) is 4.83. The molecule has 1 fully saturated rings. The van der Waals surface area contributed by atoms with E-state index >= 15 is 0 Å². The van der Waals surface area contributed by atoms with Gasteiger partial charge in [0.2, 0.25) is 5.91 Å². The molecule has 172 valence electrons. The summed E-state index contributed by atoms with van der Waals surface area (Å²) in [5.74, 6) is -0.467. The highest BCUT2D eigenvalue weighted by Gasteiger charge is 2.48. The molecule has 0 radical (unpaired) electrons. The molecule has 4 N–H and O–H groups in total. The fourth-order valence-electron chi connectivity index (χ4n) is 3.33. The van der Waals surface area contributed by atoms with E-state index in [0.29, 0.717) is 16.1 Å². The van der Waals surface area contributed by atoms with Crippen LogP contribution < -0.4 is 16.4 Å². The maximum Gasteiger partial charge on any atom is 0.410 e. The molecular formula is C20H21ClF3N5O3. The smallest absolute Gasteiger partial charge is 0.382 e. The summed E-state index contributed by atoms with van der Waals surface area (Å²) in [7, 11) is 1.37. The van der Waals surface area contributed by atoms with E-state index in [2.05, 4.69) is 10.3 Å². The van der Waals surface area contributed by atoms with Crippen LogP contribution in [0.3, 0.4) is 0 Å². The molecule has 1 saturated heterocycles. The minimum absolute atomic E-state index is 0.0610. The molecule has 1 aromatic carbocycles. The van der Waals surface area contributed by atoms with Crippen LogP contribution in [0.15, 0.2) is 42.6 Å². The van der Waals surface area contributed by atoms with Gasteiger partial charge in [-0.1, -0.05) is 29.8 Å². The van der Waals surface area contributed by atoms with Crippen LogP contribution in [-0.4, -0.2) is 54.3 Å². The lowest BCUT2D eigenvalue weighted by Gasteiger charge is -2.27. The van der Waals surface area contributed by atoms with Crippen LogP contribution in [0.5, 0.6) is 0 Å². The third-order valence-corrected chi connectivity index (χ3v) is 5.32. The van der Waals surface area contributed by atoms with E-state index in [-0.39, 0.29) is 12.4 Å². The predicted molar refractivity (Wildman–Crippen MR) is 111 cm³/mol. The highest BCUT2D eigenvalue weighted by Crippen LogP contribution is 2.31. The minimum Gasteiger partial charge on any atom is -0.382 e. The van der Waals surface area contributed by atoms with Gasteiger partial charge in [-0.3, -0.25) is 4.79 Å². The number of ether oxygens (including phenoxy) is 1. The van der Waals surface area contributed by atoms with Crippen LogP contribution in [-0.2, 0) is 9.53 Å². The van der Waals surface area contributed by atoms with E-state index < -0.39 is 42.8 Å². The predicted octanol–water partition coefficient (Wildman–Crippen LogP) is 3.02. The lowest BCUT2D eigenvalue weighted by molar-refractivity contribution is -0.150. The first-order chi connectivity index (χ1) is 15.1. The fraction of sp³-hybridized carbons (Fsp3) is 0.350. The Bertz CT molecular complexity index is 991. The maximum absolute atomic E-state index is 13.1. The van der Waals surface area contributed by atoms with Crippen LogP contribution in [0.4, 0.5) is 23.8 Å². The van der Waals surface area contributed by atoms with Gasteiger partial charge in [0.15, 0.2) is 0 Å². The lowest BCUT2D eigenvalue weighted by Crippen LogP contribution is -2.40. The number of methoxy groups -OCH3 is 1. The zero-order chi connectivity index (χ0) is 23.5. The van der Waals surface area contributed by atoms with Crippen molar-refractivity contribution in [2.45, 2.75) is 24.3 Å². The molecule has 3 atom stereocenters. The molecule has 3 rings (SSSR count). The average Bonchev–Trinajstić information content (AvgIpc) is 3.14. The lowest BCUT2D eigenvalue weighted by atomic mass is 10.1. The zero-order valence-corrected chi connectivity index (χ0v) is 17.7. The number of rotatable bonds is 7. The number of nitrogens with one attached hydrogen (secondary N) is 2. The van der Waals surface area contributed by atoms with Gasteiger partial charge in [0.25, 0.3) is 0 Å². The van der Waals surface area contributed by atoms with Crippen LogP contribution in [0.2, 0.25) is 5.02 Å². The first kappa shape index (κ1) is 23.8. The Balaban J connectivity index is 1.79. The minimum atomic E-state index is -4.58. The summed E-state index contributed by atoms with van der Waals surface area (Å²) < 4.78 is 44.3. The Hall–Kier alpha value is -2.89. The monoisotopic (exact) mass is 471 g/mol. The molecular weight excluding hydrogens is 451 g/mol. The zero-order valence-electron chi connectivity index (χ0n) is 16.9. The van der Waals surface area contributed by atoms with Crippen LogP contribution >= 0.6 is 11.6 Å². The third kappa shape index (κ3) is 5.29. The van der Waals surface area contributed by atoms with E-state index in [1.165, 1.54) is 25.4 Å². The highest BCUT2D eigenvalue weighted by atomic mass is 35.5. The number of aromatic nitrogens is 1. The van der Waals surface area contributed by atoms with Gasteiger partial charge in [-0.15, -0.1) is 0 Å². The number of halogens is 4. The molecule has 8 nitrogen and oxygen atoms in total. The third-order valence-electron chi connectivity index (χ3n) is 4.98. The van der Waals surface area contributed by atoms with E-state index in [9.17, 15) is 22.8 Å². The number of hydrogen-bond acceptors (Lipinski definition) is 5. The molecule has 1 aliphatic heterocycles. The number of pyridine rings is 1. The second kappa shape index (κ2) is 9.72. The van der Waals surface area contributed by atoms with Crippen molar-refractivity contribution in [2.24, 2.45) is 5.73 Å². The summed E-state index contributed by atoms with van der Waals surface area (Å²) in [6.45, 7) is -0.633. The number of hydrogen-bond donors (Lipinski definition) is 3. The van der Waals surface area contributed by atoms with Crippen molar-refractivity contribution in [2.75, 3.05) is 25.6 Å². The first-order valence-electron chi connectivity index (χ1n) is 9.51. The molecule has 2 aromatic rings. The molecule has 2 heterocycles. The first-order valence-corrected chi connectivity index (χ1v) is 9.89. The Morgan fingerprint density at radius 2 is 2.12 bits per heavy atom. The molecule has 1 aliphatic rings. The van der Waals surface area contributed by atoms with Crippen molar-refractivity contribution in [3.63, 3.8) is 0 Å². The Morgan fingerprint density at radius 3 is 2.75 bits per heavy atom. The molecule has 0 spiro atoms. The van der Waals surface area contributed by atoms with E-state index in [0.717, 1.165) is 4.90 Å². The van der Waals surface area contributed by atoms with Crippen molar-refractivity contribution in [1.29, 1.82) is 0 Å². The Kier molecular flexibility index (Phi) is 7.22. The van der Waals surface area contributed by atoms with Gasteiger partial charge in [0.05, 0.1) is 19.2 Å². The van der Waals surface area contributed by atoms with Crippen LogP contribution in [0.25, 0.3) is 0 Å². The van der Waals surface area contributed by atoms with E-state index in [4.69, 9.17) is 22.1 Å². The highest BCUT2D eigenvalue weighted by molar-refractivity contribution is 6.31. The summed E-state index contributed by atoms with van der Waals surface area (Å²) >= 11 is 6.08. The molecule has 0 unspecified atom stereocenters. The van der Waals surface area contributed by atoms with Gasteiger partial charge < -0.3 is 26.0 Å². The number of anilines is 1. The largest absolute Gasteiger partial charge is 0.410 e. The number of nitrogens with zero attached hydrogens (tertiary/aromatic N) is 2. The van der Waals surface area contributed by atoms with E-state index in [1.54, 1.807) is 24.3 Å². The number of amides is 3. The average molecular weight is 472 g/mol. The quantitative estimate of drug-likeness (QED) is 0.575. The Morgan fingerprint density at radius 1 is 1.41 bits per heavy atom. The van der Waals surface area contributed by atoms with Gasteiger partial charge in [0.1, 0.15) is 17.9 Å². The second-order valence-electron chi connectivity index (χ2n) is 7.13. The normalized spacial score (nSPS) is 18.2. The molecule has 3 amide bonds. The van der Waals surface area contributed by atoms with Crippen molar-refractivity contribution in [3.05, 3.63) is 58.7 Å². The summed E-state index contributed by atoms with van der Waals surface area (Å²) in [4.78, 5) is 29.9. The Labute approximate surface area is 186 Å². The van der Waals surface area contributed by atoms with Gasteiger partial charge in [-0.25, -0.2) is 9.78 Å². The number of benzene rings is 1. The standard InChI is InChI=1S/C20H21ClF3N5O3/c1-32-10-14(29-9-15(20(22,23)24)27-19(29)31)11-6-7-26-16(8-11)28-18(30)17(25)12-4-2-3-5-13(12)21/h2-8,14-15,17H,9-10,25H2,1H3,(H,27,31)(H,26,28,30)/t14-,15+,17+/m1/s1. The van der Waals surface area contributed by atoms with Crippen LogP contribution in [0.1, 0.15) is 23.2 Å². The fourth-order valence-corrected chi connectivity index (χ4v) is 3.58. The summed E-state index contributed by atoms with van der Waals surface area (Å²) in [5.41, 5.74) is 6.85. The molecule has 32 heavy (non-hydrogen) atoms. The van der Waals surface area contributed by atoms with Crippen molar-refractivity contribution < 1.29 is 27.5 Å². The number of carbonyl (C=O) groups is 2. The van der Waals surface area contributed by atoms with Crippen LogP contribution in [0, 0.1) is 0 Å². The number of urea groups is 1. The van der Waals surface area contributed by atoms with Gasteiger partial charge >= 0.3 is 12.2 Å². The van der Waals surface area contributed by atoms with Crippen molar-refractivity contribution in [3.8, 4) is 0 Å². The SMILES string of the molecule is COC[C@H](c1ccnc(NC(=O)[C@@H](N)c2ccccc2Cl)c1)N1C[C@@H](C(F)(F)F)NC1=O.